The van der Waals surface area contributed by atoms with Crippen LogP contribution < -0.4 is 0 Å². The van der Waals surface area contributed by atoms with Gasteiger partial charge in [-0.1, -0.05) is 78.9 Å². The van der Waals surface area contributed by atoms with Crippen LogP contribution in [0.4, 0.5) is 0 Å². The number of aryl methyl sites for hydroxylation is 7. The third-order valence-electron chi connectivity index (χ3n) is 8.64. The molecule has 0 fully saturated rings. The van der Waals surface area contributed by atoms with Crippen LogP contribution in [0, 0.1) is 6.92 Å². The van der Waals surface area contributed by atoms with Crippen molar-refractivity contribution in [1.82, 2.24) is 14.8 Å². The van der Waals surface area contributed by atoms with Crippen molar-refractivity contribution in [3.63, 3.8) is 0 Å². The van der Waals surface area contributed by atoms with E-state index in [1.807, 2.05) is 11.3 Å². The van der Waals surface area contributed by atoms with Crippen LogP contribution in [0.15, 0.2) is 83.9 Å². The van der Waals surface area contributed by atoms with Gasteiger partial charge >= 0.3 is 0 Å². The topological polar surface area (TPSA) is 43.1 Å². The smallest absolute Gasteiger partial charge is 0.159 e. The molecule has 0 saturated carbocycles. The molecule has 1 aliphatic heterocycles. The van der Waals surface area contributed by atoms with Crippen LogP contribution in [0.25, 0.3) is 5.00 Å². The Morgan fingerprint density at radius 1 is 0.659 bits per heavy atom. The standard InChI is InChI=1S/C36H36N4S/c1-25-38-39-34-24-37-32(35-31-8-5-9-33(31)41-36(35)40(25)34)23-22-30-20-18-29(19-21-30)17-16-28-14-12-27(13-15-28)11-10-26-6-3-2-4-7-26/h2-4,6-7,12-15,18-21H,5,8-11,16-17,22-24H2,1H3. The van der Waals surface area contributed by atoms with E-state index < -0.39 is 0 Å². The molecule has 0 saturated heterocycles. The second-order valence-corrected chi connectivity index (χ2v) is 12.5. The zero-order chi connectivity index (χ0) is 27.6. The Hall–Kier alpha value is -3.83. The Morgan fingerprint density at radius 3 is 1.83 bits per heavy atom. The van der Waals surface area contributed by atoms with Gasteiger partial charge in [0.15, 0.2) is 5.82 Å². The maximum atomic E-state index is 5.10. The molecule has 2 aliphatic rings. The number of aliphatic imine (C=N–C) groups is 1. The minimum Gasteiger partial charge on any atom is -0.281 e. The number of nitrogens with zero attached hydrogens (tertiary/aromatic N) is 4. The highest BCUT2D eigenvalue weighted by atomic mass is 32.1. The van der Waals surface area contributed by atoms with Gasteiger partial charge in [-0.3, -0.25) is 9.56 Å². The Bertz CT molecular complexity index is 1670. The van der Waals surface area contributed by atoms with E-state index >= 15 is 0 Å². The summed E-state index contributed by atoms with van der Waals surface area (Å²) in [4.78, 5) is 6.63. The first-order chi connectivity index (χ1) is 20.2. The summed E-state index contributed by atoms with van der Waals surface area (Å²) in [7, 11) is 0. The summed E-state index contributed by atoms with van der Waals surface area (Å²) in [5.41, 5.74) is 11.2. The highest BCUT2D eigenvalue weighted by molar-refractivity contribution is 7.15. The number of rotatable bonds is 9. The van der Waals surface area contributed by atoms with E-state index in [2.05, 4.69) is 101 Å². The van der Waals surface area contributed by atoms with Crippen LogP contribution in [-0.2, 0) is 51.5 Å². The van der Waals surface area contributed by atoms with Gasteiger partial charge < -0.3 is 0 Å². The normalized spacial score (nSPS) is 13.8. The summed E-state index contributed by atoms with van der Waals surface area (Å²) in [6.07, 6.45) is 9.92. The van der Waals surface area contributed by atoms with Crippen LogP contribution in [0.2, 0.25) is 0 Å². The number of hydrogen-bond donors (Lipinski definition) is 0. The van der Waals surface area contributed by atoms with E-state index in [1.165, 1.54) is 73.8 Å². The van der Waals surface area contributed by atoms with E-state index in [1.54, 1.807) is 0 Å². The van der Waals surface area contributed by atoms with Gasteiger partial charge in [0.1, 0.15) is 10.8 Å². The van der Waals surface area contributed by atoms with Gasteiger partial charge in [0, 0.05) is 16.2 Å². The van der Waals surface area contributed by atoms with Gasteiger partial charge in [-0.2, -0.15) is 0 Å². The molecule has 5 heteroatoms. The molecule has 5 aromatic rings. The van der Waals surface area contributed by atoms with Crippen LogP contribution in [0.1, 0.15) is 68.3 Å². The lowest BCUT2D eigenvalue weighted by molar-refractivity contribution is 0.865. The number of thiophene rings is 1. The Morgan fingerprint density at radius 2 is 1.22 bits per heavy atom. The first-order valence-corrected chi connectivity index (χ1v) is 15.8. The molecule has 0 bridgehead atoms. The van der Waals surface area contributed by atoms with E-state index in [0.29, 0.717) is 6.54 Å². The molecule has 0 unspecified atom stereocenters. The number of fused-ring (bicyclic) bond motifs is 5. The van der Waals surface area contributed by atoms with Gasteiger partial charge in [-0.15, -0.1) is 21.5 Å². The van der Waals surface area contributed by atoms with Crippen LogP contribution in [0.3, 0.4) is 0 Å². The fraction of sp³-hybridized carbons (Fsp3) is 0.306. The summed E-state index contributed by atoms with van der Waals surface area (Å²) in [6, 6.07) is 29.2. The van der Waals surface area contributed by atoms with Crippen LogP contribution >= 0.6 is 11.3 Å². The van der Waals surface area contributed by atoms with E-state index in [4.69, 9.17) is 4.99 Å². The highest BCUT2D eigenvalue weighted by Gasteiger charge is 2.29. The minimum atomic E-state index is 0.610. The van der Waals surface area contributed by atoms with Crippen LogP contribution in [-0.4, -0.2) is 20.5 Å². The zero-order valence-electron chi connectivity index (χ0n) is 23.8. The van der Waals surface area contributed by atoms with Gasteiger partial charge in [-0.05, 0) is 98.1 Å². The highest BCUT2D eigenvalue weighted by Crippen LogP contribution is 2.40. The van der Waals surface area contributed by atoms with Crippen LogP contribution in [0.5, 0.6) is 0 Å². The summed E-state index contributed by atoms with van der Waals surface area (Å²) in [5, 5.41) is 10.1. The average Bonchev–Trinajstić information content (AvgIpc) is 3.69. The van der Waals surface area contributed by atoms with Gasteiger partial charge in [0.25, 0.3) is 0 Å². The molecule has 0 radical (unpaired) electrons. The number of aromatic nitrogens is 3. The fourth-order valence-electron chi connectivity index (χ4n) is 6.30. The molecule has 3 heterocycles. The van der Waals surface area contributed by atoms with Crippen molar-refractivity contribution in [1.29, 1.82) is 0 Å². The predicted molar refractivity (Wildman–Crippen MR) is 169 cm³/mol. The third kappa shape index (κ3) is 5.56. The molecule has 0 spiro atoms. The summed E-state index contributed by atoms with van der Waals surface area (Å²) >= 11 is 1.93. The average molecular weight is 557 g/mol. The second-order valence-electron chi connectivity index (χ2n) is 11.4. The lowest BCUT2D eigenvalue weighted by Crippen LogP contribution is -2.07. The molecular weight excluding hydrogens is 520 g/mol. The van der Waals surface area contributed by atoms with Crippen molar-refractivity contribution >= 4 is 17.0 Å². The number of hydrogen-bond acceptors (Lipinski definition) is 4. The lowest BCUT2D eigenvalue weighted by Gasteiger charge is -2.10. The quantitative estimate of drug-likeness (QED) is 0.187. The van der Waals surface area contributed by atoms with E-state index in [9.17, 15) is 0 Å². The maximum absolute atomic E-state index is 5.10. The SMILES string of the molecule is Cc1nnc2n1-c1sc3c(c1C(CCc1ccc(CCc4ccc(CCc5ccccc5)cc4)cc1)=NC2)CCC3. The zero-order valence-corrected chi connectivity index (χ0v) is 24.6. The van der Waals surface area contributed by atoms with Gasteiger partial charge in [0.2, 0.25) is 0 Å². The lowest BCUT2D eigenvalue weighted by atomic mass is 9.97. The van der Waals surface area contributed by atoms with Crippen molar-refractivity contribution in [2.24, 2.45) is 4.99 Å². The molecule has 41 heavy (non-hydrogen) atoms. The summed E-state index contributed by atoms with van der Waals surface area (Å²) in [6.45, 7) is 2.67. The van der Waals surface area contributed by atoms with E-state index in [-0.39, 0.29) is 0 Å². The minimum absolute atomic E-state index is 0.610. The van der Waals surface area contributed by atoms with Gasteiger partial charge in [0.05, 0.1) is 6.54 Å². The molecule has 0 atom stereocenters. The molecule has 3 aromatic carbocycles. The van der Waals surface area contributed by atoms with E-state index in [0.717, 1.165) is 50.2 Å². The maximum Gasteiger partial charge on any atom is 0.159 e. The largest absolute Gasteiger partial charge is 0.281 e. The monoisotopic (exact) mass is 556 g/mol. The summed E-state index contributed by atoms with van der Waals surface area (Å²) < 4.78 is 2.25. The molecule has 1 aliphatic carbocycles. The first kappa shape index (κ1) is 26.1. The molecule has 4 nitrogen and oxygen atoms in total. The molecule has 0 amide bonds. The van der Waals surface area contributed by atoms with Crippen molar-refractivity contribution in [3.05, 3.63) is 134 Å². The summed E-state index contributed by atoms with van der Waals surface area (Å²) in [5.74, 6) is 1.93. The Kier molecular flexibility index (Phi) is 7.37. The predicted octanol–water partition coefficient (Wildman–Crippen LogP) is 7.63. The third-order valence-corrected chi connectivity index (χ3v) is 9.92. The Balaban J connectivity index is 0.961. The second kappa shape index (κ2) is 11.6. The van der Waals surface area contributed by atoms with Crippen molar-refractivity contribution in [2.45, 2.75) is 71.3 Å². The molecular formula is C36H36N4S. The molecule has 2 aromatic heterocycles. The van der Waals surface area contributed by atoms with Crippen molar-refractivity contribution in [3.8, 4) is 5.00 Å². The number of benzene rings is 3. The molecule has 7 rings (SSSR count). The van der Waals surface area contributed by atoms with Crippen molar-refractivity contribution in [2.75, 3.05) is 0 Å². The molecule has 0 N–H and O–H groups in total. The Labute approximate surface area is 246 Å². The molecule has 206 valence electrons. The fourth-order valence-corrected chi connectivity index (χ4v) is 7.78. The first-order valence-electron chi connectivity index (χ1n) is 15.0. The van der Waals surface area contributed by atoms with Crippen molar-refractivity contribution < 1.29 is 0 Å². The van der Waals surface area contributed by atoms with Gasteiger partial charge in [-0.25, -0.2) is 0 Å².